The molecule has 0 aromatic heterocycles. The molecule has 2 amide bonds. The number of carbonyl (C=O) groups excluding carboxylic acids is 3. The molecule has 2 fully saturated rings. The van der Waals surface area contributed by atoms with E-state index in [2.05, 4.69) is 16.0 Å². The van der Waals surface area contributed by atoms with Crippen molar-refractivity contribution in [1.82, 2.24) is 16.0 Å². The topological polar surface area (TPSA) is 96.5 Å². The van der Waals surface area contributed by atoms with Crippen LogP contribution in [0.1, 0.15) is 38.7 Å². The molecule has 0 radical (unpaired) electrons. The van der Waals surface area contributed by atoms with Crippen molar-refractivity contribution in [1.29, 1.82) is 0 Å². The Morgan fingerprint density at radius 2 is 2.00 bits per heavy atom. The highest BCUT2D eigenvalue weighted by Crippen LogP contribution is 2.37. The SMILES string of the molecule is CC(C)(C)C(=O)O[C@@H]1CNC2(C[C@H]1c1ccc(F)c(F)c1)NC(=O)NC2C=O. The zero-order chi connectivity index (χ0) is 20.7. The van der Waals surface area contributed by atoms with Crippen molar-refractivity contribution in [3.05, 3.63) is 35.4 Å². The van der Waals surface area contributed by atoms with Crippen LogP contribution in [0.2, 0.25) is 0 Å². The predicted octanol–water partition coefficient (Wildman–Crippen LogP) is 1.58. The van der Waals surface area contributed by atoms with E-state index in [1.54, 1.807) is 20.8 Å². The van der Waals surface area contributed by atoms with Crippen molar-refractivity contribution >= 4 is 18.3 Å². The molecule has 1 aromatic rings. The molecule has 1 aromatic carbocycles. The molecule has 1 spiro atoms. The summed E-state index contributed by atoms with van der Waals surface area (Å²) in [6, 6.07) is 2.10. The third-order valence-electron chi connectivity index (χ3n) is 5.14. The highest BCUT2D eigenvalue weighted by atomic mass is 19.2. The molecule has 2 unspecified atom stereocenters. The van der Waals surface area contributed by atoms with Crippen LogP contribution in [0.3, 0.4) is 0 Å². The number of urea groups is 1. The van der Waals surface area contributed by atoms with Gasteiger partial charge in [-0.3, -0.25) is 10.1 Å². The molecule has 2 aliphatic heterocycles. The van der Waals surface area contributed by atoms with E-state index in [1.807, 2.05) is 0 Å². The van der Waals surface area contributed by atoms with E-state index in [1.165, 1.54) is 6.07 Å². The summed E-state index contributed by atoms with van der Waals surface area (Å²) < 4.78 is 32.9. The summed E-state index contributed by atoms with van der Waals surface area (Å²) in [5, 5.41) is 8.30. The molecule has 2 aliphatic rings. The molecule has 3 rings (SSSR count). The lowest BCUT2D eigenvalue weighted by Crippen LogP contribution is -2.67. The Labute approximate surface area is 161 Å². The van der Waals surface area contributed by atoms with Gasteiger partial charge in [0.2, 0.25) is 0 Å². The molecule has 0 bridgehead atoms. The van der Waals surface area contributed by atoms with Gasteiger partial charge in [-0.1, -0.05) is 6.07 Å². The van der Waals surface area contributed by atoms with Gasteiger partial charge in [-0.2, -0.15) is 0 Å². The standard InChI is InChI=1S/C19H23F2N3O4/c1-18(2,3)16(26)28-14-8-22-19(15(9-25)23-17(27)24-19)7-11(14)10-4-5-12(20)13(21)6-10/h4-6,9,11,14-15,22H,7-8H2,1-3H3,(H2,23,24,27)/t11-,14+,15?,19?/m0/s1. The minimum absolute atomic E-state index is 0.123. The molecular weight excluding hydrogens is 372 g/mol. The second-order valence-electron chi connectivity index (χ2n) is 8.24. The number of aldehydes is 1. The maximum atomic E-state index is 13.9. The Bertz CT molecular complexity index is 811. The molecule has 28 heavy (non-hydrogen) atoms. The fraction of sp³-hybridized carbons (Fsp3) is 0.526. The Balaban J connectivity index is 1.95. The summed E-state index contributed by atoms with van der Waals surface area (Å²) in [6.45, 7) is 5.26. The summed E-state index contributed by atoms with van der Waals surface area (Å²) in [5.74, 6) is -3.02. The maximum absolute atomic E-state index is 13.9. The third kappa shape index (κ3) is 3.71. The van der Waals surface area contributed by atoms with Gasteiger partial charge in [0.15, 0.2) is 11.6 Å². The normalized spacial score (nSPS) is 29.9. The first-order valence-corrected chi connectivity index (χ1v) is 9.01. The van der Waals surface area contributed by atoms with Crippen LogP contribution in [0.4, 0.5) is 13.6 Å². The number of carbonyl (C=O) groups is 3. The summed E-state index contributed by atoms with van der Waals surface area (Å²) in [7, 11) is 0. The molecule has 2 saturated heterocycles. The average molecular weight is 395 g/mol. The molecule has 4 atom stereocenters. The van der Waals surface area contributed by atoms with Crippen molar-refractivity contribution in [3.8, 4) is 0 Å². The van der Waals surface area contributed by atoms with Gasteiger partial charge in [-0.05, 0) is 44.9 Å². The Kier molecular flexibility index (Phi) is 5.14. The van der Waals surface area contributed by atoms with Gasteiger partial charge in [0.1, 0.15) is 24.1 Å². The van der Waals surface area contributed by atoms with Crippen molar-refractivity contribution in [3.63, 3.8) is 0 Å². The average Bonchev–Trinajstić information content (AvgIpc) is 2.93. The van der Waals surface area contributed by atoms with Gasteiger partial charge in [-0.15, -0.1) is 0 Å². The summed E-state index contributed by atoms with van der Waals surface area (Å²) in [4.78, 5) is 35.7. The van der Waals surface area contributed by atoms with Crippen molar-refractivity contribution in [2.75, 3.05) is 6.54 Å². The van der Waals surface area contributed by atoms with Gasteiger partial charge >= 0.3 is 12.0 Å². The lowest BCUT2D eigenvalue weighted by molar-refractivity contribution is -0.161. The van der Waals surface area contributed by atoms with Crippen LogP contribution in [0.5, 0.6) is 0 Å². The molecule has 3 N–H and O–H groups in total. The van der Waals surface area contributed by atoms with Gasteiger partial charge in [0.05, 0.1) is 5.41 Å². The quantitative estimate of drug-likeness (QED) is 0.533. The number of esters is 1. The molecule has 7 nitrogen and oxygen atoms in total. The number of hydrogen-bond donors (Lipinski definition) is 3. The highest BCUT2D eigenvalue weighted by molar-refractivity contribution is 5.84. The number of ether oxygens (including phenoxy) is 1. The molecule has 0 saturated carbocycles. The number of hydrogen-bond acceptors (Lipinski definition) is 5. The smallest absolute Gasteiger partial charge is 0.317 e. The minimum Gasteiger partial charge on any atom is -0.460 e. The van der Waals surface area contributed by atoms with E-state index in [-0.39, 0.29) is 13.0 Å². The number of nitrogens with one attached hydrogen (secondary N) is 3. The van der Waals surface area contributed by atoms with Crippen LogP contribution in [0.25, 0.3) is 0 Å². The van der Waals surface area contributed by atoms with Crippen LogP contribution in [0.15, 0.2) is 18.2 Å². The zero-order valence-electron chi connectivity index (χ0n) is 15.8. The lowest BCUT2D eigenvalue weighted by atomic mass is 9.78. The molecule has 152 valence electrons. The van der Waals surface area contributed by atoms with Gasteiger partial charge < -0.3 is 20.2 Å². The molecule has 2 heterocycles. The van der Waals surface area contributed by atoms with E-state index >= 15 is 0 Å². The Hall–Kier alpha value is -2.55. The van der Waals surface area contributed by atoms with Gasteiger partial charge in [0.25, 0.3) is 0 Å². The van der Waals surface area contributed by atoms with E-state index in [9.17, 15) is 23.2 Å². The number of benzene rings is 1. The Morgan fingerprint density at radius 1 is 1.29 bits per heavy atom. The molecule has 0 aliphatic carbocycles. The van der Waals surface area contributed by atoms with E-state index < -0.39 is 52.8 Å². The van der Waals surface area contributed by atoms with E-state index in [4.69, 9.17) is 4.74 Å². The van der Waals surface area contributed by atoms with Crippen LogP contribution >= 0.6 is 0 Å². The fourth-order valence-corrected chi connectivity index (χ4v) is 3.55. The second-order valence-corrected chi connectivity index (χ2v) is 8.24. The van der Waals surface area contributed by atoms with Gasteiger partial charge in [0, 0.05) is 12.5 Å². The van der Waals surface area contributed by atoms with Crippen LogP contribution in [-0.2, 0) is 14.3 Å². The summed E-state index contributed by atoms with van der Waals surface area (Å²) in [5.41, 5.74) is -1.45. The largest absolute Gasteiger partial charge is 0.460 e. The molecule has 9 heteroatoms. The van der Waals surface area contributed by atoms with Gasteiger partial charge in [-0.25, -0.2) is 13.6 Å². The monoisotopic (exact) mass is 395 g/mol. The van der Waals surface area contributed by atoms with Crippen molar-refractivity contribution < 1.29 is 27.9 Å². The first-order valence-electron chi connectivity index (χ1n) is 9.01. The second kappa shape index (κ2) is 7.12. The first kappa shape index (κ1) is 20.2. The predicted molar refractivity (Wildman–Crippen MR) is 95.3 cm³/mol. The van der Waals surface area contributed by atoms with Crippen LogP contribution in [0, 0.1) is 17.0 Å². The third-order valence-corrected chi connectivity index (χ3v) is 5.14. The summed E-state index contributed by atoms with van der Waals surface area (Å²) >= 11 is 0. The maximum Gasteiger partial charge on any atom is 0.317 e. The van der Waals surface area contributed by atoms with E-state index in [0.717, 1.165) is 12.1 Å². The zero-order valence-corrected chi connectivity index (χ0v) is 15.8. The van der Waals surface area contributed by atoms with Crippen molar-refractivity contribution in [2.24, 2.45) is 5.41 Å². The lowest BCUT2D eigenvalue weighted by Gasteiger charge is -2.44. The fourth-order valence-electron chi connectivity index (χ4n) is 3.55. The van der Waals surface area contributed by atoms with Crippen LogP contribution < -0.4 is 16.0 Å². The van der Waals surface area contributed by atoms with E-state index in [0.29, 0.717) is 11.8 Å². The number of piperidine rings is 1. The van der Waals surface area contributed by atoms with Crippen molar-refractivity contribution in [2.45, 2.75) is 50.9 Å². The Morgan fingerprint density at radius 3 is 2.61 bits per heavy atom. The van der Waals surface area contributed by atoms with Crippen LogP contribution in [-0.4, -0.2) is 42.6 Å². The first-order chi connectivity index (χ1) is 13.1. The number of rotatable bonds is 3. The number of halogens is 2. The minimum atomic E-state index is -1.11. The molecular formula is C19H23F2N3O4. The highest BCUT2D eigenvalue weighted by Gasteiger charge is 2.52. The number of amides is 2. The summed E-state index contributed by atoms with van der Waals surface area (Å²) in [6.07, 6.45) is 0.0591.